The number of carbonyl (C=O) groups is 1. The fraction of sp³-hybridized carbons (Fsp3) is 0.706. The Balaban J connectivity index is 1.54. The highest BCUT2D eigenvalue weighted by atomic mass is 32.2. The van der Waals surface area contributed by atoms with Crippen LogP contribution in [0.25, 0.3) is 0 Å². The number of hydrogen-bond donors (Lipinski definition) is 0. The summed E-state index contributed by atoms with van der Waals surface area (Å²) >= 11 is 0. The highest BCUT2D eigenvalue weighted by Crippen LogP contribution is 2.24. The first kappa shape index (κ1) is 19.8. The fourth-order valence-electron chi connectivity index (χ4n) is 3.66. The molecule has 0 bridgehead atoms. The monoisotopic (exact) mass is 395 g/mol. The van der Waals surface area contributed by atoms with Crippen LogP contribution >= 0.6 is 0 Å². The van der Waals surface area contributed by atoms with Crippen LogP contribution in [0.5, 0.6) is 0 Å². The molecule has 3 rings (SSSR count). The molecule has 1 aromatic heterocycles. The Morgan fingerprint density at radius 2 is 1.81 bits per heavy atom. The van der Waals surface area contributed by atoms with Crippen molar-refractivity contribution >= 4 is 15.9 Å². The Kier molecular flexibility index (Phi) is 5.83. The molecular weight excluding hydrogens is 370 g/mol. The van der Waals surface area contributed by atoms with Crippen molar-refractivity contribution in [1.82, 2.24) is 19.3 Å². The summed E-state index contributed by atoms with van der Waals surface area (Å²) in [6, 6.07) is 2.28. The zero-order valence-corrected chi connectivity index (χ0v) is 16.5. The normalized spacial score (nSPS) is 20.6. The number of aryl methyl sites for hydroxylation is 2. The van der Waals surface area contributed by atoms with Gasteiger partial charge in [-0.2, -0.15) is 9.57 Å². The second kappa shape index (κ2) is 7.96. The number of nitrogens with zero attached hydrogens (tertiary/aromatic N) is 5. The minimum Gasteiger partial charge on any atom is -0.360 e. The van der Waals surface area contributed by atoms with Gasteiger partial charge >= 0.3 is 0 Å². The first-order chi connectivity index (χ1) is 12.8. The van der Waals surface area contributed by atoms with Gasteiger partial charge in [0.2, 0.25) is 15.9 Å². The molecule has 9 nitrogen and oxygen atoms in total. The average Bonchev–Trinajstić information content (AvgIpc) is 3.01. The molecule has 0 radical (unpaired) electrons. The predicted octanol–water partition coefficient (Wildman–Crippen LogP) is 0.360. The summed E-state index contributed by atoms with van der Waals surface area (Å²) in [6.45, 7) is 6.29. The van der Waals surface area contributed by atoms with Crippen molar-refractivity contribution in [2.24, 2.45) is 5.92 Å². The van der Waals surface area contributed by atoms with Crippen molar-refractivity contribution in [2.75, 3.05) is 45.8 Å². The summed E-state index contributed by atoms with van der Waals surface area (Å²) in [5.41, 5.74) is 0.353. The van der Waals surface area contributed by atoms with Crippen molar-refractivity contribution in [3.8, 4) is 6.07 Å². The van der Waals surface area contributed by atoms with Gasteiger partial charge < -0.3 is 9.42 Å². The average molecular weight is 395 g/mol. The standard InChI is InChI=1S/C17H25N5O4S/c1-13-17(14(2)26-19-13)27(24,25)22-9-7-21(8-10-22)16(23)12-20-5-3-15(11-18)4-6-20/h15H,3-10,12H2,1-2H3. The molecule has 0 aliphatic carbocycles. The zero-order valence-electron chi connectivity index (χ0n) is 15.7. The molecule has 2 saturated heterocycles. The van der Waals surface area contributed by atoms with E-state index in [1.165, 1.54) is 4.31 Å². The molecule has 2 aliphatic heterocycles. The lowest BCUT2D eigenvalue weighted by atomic mass is 9.99. The van der Waals surface area contributed by atoms with Crippen LogP contribution in [0.1, 0.15) is 24.3 Å². The highest BCUT2D eigenvalue weighted by Gasteiger charge is 2.34. The molecule has 2 fully saturated rings. The summed E-state index contributed by atoms with van der Waals surface area (Å²) in [5, 5.41) is 12.7. The topological polar surface area (TPSA) is 111 Å². The Labute approximate surface area is 159 Å². The minimum atomic E-state index is -3.67. The third kappa shape index (κ3) is 4.15. The van der Waals surface area contributed by atoms with Crippen LogP contribution in [0, 0.1) is 31.1 Å². The second-order valence-corrected chi connectivity index (χ2v) is 8.99. The van der Waals surface area contributed by atoms with Crippen LogP contribution in [-0.2, 0) is 14.8 Å². The largest absolute Gasteiger partial charge is 0.360 e. The van der Waals surface area contributed by atoms with Crippen LogP contribution < -0.4 is 0 Å². The minimum absolute atomic E-state index is 0.0137. The van der Waals surface area contributed by atoms with E-state index in [9.17, 15) is 13.2 Å². The number of aromatic nitrogens is 1. The lowest BCUT2D eigenvalue weighted by molar-refractivity contribution is -0.133. The van der Waals surface area contributed by atoms with Crippen LogP contribution in [0.4, 0.5) is 0 Å². The SMILES string of the molecule is Cc1noc(C)c1S(=O)(=O)N1CCN(C(=O)CN2CCC(C#N)CC2)CC1. The summed E-state index contributed by atoms with van der Waals surface area (Å²) in [7, 11) is -3.67. The second-order valence-electron chi connectivity index (χ2n) is 7.12. The first-order valence-corrected chi connectivity index (χ1v) is 10.6. The van der Waals surface area contributed by atoms with Crippen LogP contribution in [-0.4, -0.2) is 79.4 Å². The lowest BCUT2D eigenvalue weighted by Crippen LogP contribution is -2.53. The molecular formula is C17H25N5O4S. The van der Waals surface area contributed by atoms with Crippen molar-refractivity contribution < 1.29 is 17.7 Å². The molecule has 10 heteroatoms. The summed E-state index contributed by atoms with van der Waals surface area (Å²) < 4.78 is 32.0. The maximum absolute atomic E-state index is 12.8. The van der Waals surface area contributed by atoms with Crippen molar-refractivity contribution in [3.05, 3.63) is 11.5 Å². The van der Waals surface area contributed by atoms with Crippen molar-refractivity contribution in [1.29, 1.82) is 5.26 Å². The van der Waals surface area contributed by atoms with E-state index in [4.69, 9.17) is 9.78 Å². The van der Waals surface area contributed by atoms with E-state index in [0.717, 1.165) is 25.9 Å². The Bertz CT molecular complexity index is 808. The number of likely N-dealkylation sites (tertiary alicyclic amines) is 1. The van der Waals surface area contributed by atoms with E-state index in [1.807, 2.05) is 0 Å². The van der Waals surface area contributed by atoms with E-state index in [-0.39, 0.29) is 35.6 Å². The fourth-order valence-corrected chi connectivity index (χ4v) is 5.37. The van der Waals surface area contributed by atoms with Crippen LogP contribution in [0.2, 0.25) is 0 Å². The number of piperidine rings is 1. The quantitative estimate of drug-likeness (QED) is 0.724. The highest BCUT2D eigenvalue weighted by molar-refractivity contribution is 7.89. The molecule has 0 unspecified atom stereocenters. The van der Waals surface area contributed by atoms with Gasteiger partial charge in [-0.25, -0.2) is 8.42 Å². The van der Waals surface area contributed by atoms with Gasteiger partial charge in [0, 0.05) is 32.1 Å². The maximum Gasteiger partial charge on any atom is 0.248 e. The molecule has 148 valence electrons. The number of nitriles is 1. The third-order valence-electron chi connectivity index (χ3n) is 5.29. The molecule has 27 heavy (non-hydrogen) atoms. The van der Waals surface area contributed by atoms with E-state index < -0.39 is 10.0 Å². The smallest absolute Gasteiger partial charge is 0.248 e. The summed E-state index contributed by atoms with van der Waals surface area (Å²) in [5.74, 6) is 0.390. The Morgan fingerprint density at radius 3 is 2.33 bits per heavy atom. The molecule has 0 aromatic carbocycles. The van der Waals surface area contributed by atoms with E-state index >= 15 is 0 Å². The lowest BCUT2D eigenvalue weighted by Gasteiger charge is -2.36. The van der Waals surface area contributed by atoms with E-state index in [1.54, 1.807) is 18.7 Å². The first-order valence-electron chi connectivity index (χ1n) is 9.15. The molecule has 0 spiro atoms. The van der Waals surface area contributed by atoms with E-state index in [2.05, 4.69) is 16.1 Å². The molecule has 1 aromatic rings. The zero-order chi connectivity index (χ0) is 19.6. The number of hydrogen-bond acceptors (Lipinski definition) is 7. The van der Waals surface area contributed by atoms with Gasteiger partial charge in [-0.05, 0) is 39.8 Å². The maximum atomic E-state index is 12.8. The third-order valence-corrected chi connectivity index (χ3v) is 7.43. The van der Waals surface area contributed by atoms with Gasteiger partial charge in [0.15, 0.2) is 5.76 Å². The number of piperazine rings is 1. The van der Waals surface area contributed by atoms with Gasteiger partial charge in [-0.15, -0.1) is 0 Å². The summed E-state index contributed by atoms with van der Waals surface area (Å²) in [4.78, 5) is 16.5. The number of carbonyl (C=O) groups excluding carboxylic acids is 1. The van der Waals surface area contributed by atoms with Crippen molar-refractivity contribution in [2.45, 2.75) is 31.6 Å². The van der Waals surface area contributed by atoms with Gasteiger partial charge in [0.1, 0.15) is 10.6 Å². The Hall–Kier alpha value is -1.96. The molecule has 0 atom stereocenters. The number of amides is 1. The van der Waals surface area contributed by atoms with E-state index in [0.29, 0.717) is 25.3 Å². The predicted molar refractivity (Wildman–Crippen MR) is 96.1 cm³/mol. The van der Waals surface area contributed by atoms with Crippen LogP contribution in [0.15, 0.2) is 9.42 Å². The molecule has 3 heterocycles. The van der Waals surface area contributed by atoms with Crippen LogP contribution in [0.3, 0.4) is 0 Å². The van der Waals surface area contributed by atoms with Gasteiger partial charge in [0.25, 0.3) is 0 Å². The molecule has 0 N–H and O–H groups in total. The molecule has 0 saturated carbocycles. The molecule has 1 amide bonds. The number of rotatable bonds is 4. The Morgan fingerprint density at radius 1 is 1.19 bits per heavy atom. The molecule has 2 aliphatic rings. The van der Waals surface area contributed by atoms with Crippen molar-refractivity contribution in [3.63, 3.8) is 0 Å². The van der Waals surface area contributed by atoms with Gasteiger partial charge in [-0.3, -0.25) is 9.69 Å². The number of sulfonamides is 1. The van der Waals surface area contributed by atoms with Gasteiger partial charge in [-0.1, -0.05) is 5.16 Å². The summed E-state index contributed by atoms with van der Waals surface area (Å²) in [6.07, 6.45) is 1.60. The van der Waals surface area contributed by atoms with Gasteiger partial charge in [0.05, 0.1) is 12.6 Å².